The molecule has 0 bridgehead atoms. The van der Waals surface area contributed by atoms with Crippen molar-refractivity contribution in [3.63, 3.8) is 0 Å². The first-order valence-electron chi connectivity index (χ1n) is 10.9. The highest BCUT2D eigenvalue weighted by molar-refractivity contribution is 5.66. The first-order valence-corrected chi connectivity index (χ1v) is 10.9. The molecule has 1 aliphatic rings. The number of benzene rings is 2. The van der Waals surface area contributed by atoms with Gasteiger partial charge in [-0.3, -0.25) is 9.69 Å². The van der Waals surface area contributed by atoms with E-state index in [1.165, 1.54) is 43.2 Å². The lowest BCUT2D eigenvalue weighted by atomic mass is 9.93. The second-order valence-corrected chi connectivity index (χ2v) is 7.95. The van der Waals surface area contributed by atoms with Gasteiger partial charge in [-0.1, -0.05) is 61.7 Å². The van der Waals surface area contributed by atoms with Crippen molar-refractivity contribution >= 4 is 5.97 Å². The second-order valence-electron chi connectivity index (χ2n) is 7.95. The molecule has 1 fully saturated rings. The SMILES string of the molecule is O=C(O)CCN(CCc1ccc(OCCc2ccccc2)cc1)C1CCCCC1. The molecule has 4 nitrogen and oxygen atoms in total. The van der Waals surface area contributed by atoms with Gasteiger partial charge in [0.15, 0.2) is 0 Å². The number of ether oxygens (including phenoxy) is 1. The largest absolute Gasteiger partial charge is 0.493 e. The molecule has 29 heavy (non-hydrogen) atoms. The Morgan fingerprint density at radius 3 is 2.28 bits per heavy atom. The maximum Gasteiger partial charge on any atom is 0.304 e. The van der Waals surface area contributed by atoms with Crippen molar-refractivity contribution in [2.75, 3.05) is 19.7 Å². The molecular formula is C25H33NO3. The zero-order chi connectivity index (χ0) is 20.3. The summed E-state index contributed by atoms with van der Waals surface area (Å²) in [6.07, 6.45) is 8.33. The summed E-state index contributed by atoms with van der Waals surface area (Å²) in [7, 11) is 0. The van der Waals surface area contributed by atoms with E-state index in [9.17, 15) is 4.79 Å². The Balaban J connectivity index is 1.46. The summed E-state index contributed by atoms with van der Waals surface area (Å²) >= 11 is 0. The monoisotopic (exact) mass is 395 g/mol. The van der Waals surface area contributed by atoms with Crippen molar-refractivity contribution < 1.29 is 14.6 Å². The molecule has 4 heteroatoms. The molecule has 0 saturated heterocycles. The molecule has 0 aliphatic heterocycles. The Labute approximate surface area is 174 Å². The summed E-state index contributed by atoms with van der Waals surface area (Å²) in [5.74, 6) is 0.197. The zero-order valence-electron chi connectivity index (χ0n) is 17.3. The number of hydrogen-bond donors (Lipinski definition) is 1. The molecule has 0 aromatic heterocycles. The number of carbonyl (C=O) groups is 1. The van der Waals surface area contributed by atoms with Crippen molar-refractivity contribution in [2.45, 2.75) is 57.4 Å². The van der Waals surface area contributed by atoms with Crippen molar-refractivity contribution in [2.24, 2.45) is 0 Å². The molecule has 0 radical (unpaired) electrons. The van der Waals surface area contributed by atoms with E-state index in [0.29, 0.717) is 19.2 Å². The summed E-state index contributed by atoms with van der Waals surface area (Å²) in [5, 5.41) is 9.08. The Hall–Kier alpha value is -2.33. The maximum atomic E-state index is 11.0. The van der Waals surface area contributed by atoms with Gasteiger partial charge in [0.25, 0.3) is 0 Å². The van der Waals surface area contributed by atoms with Gasteiger partial charge in [-0.25, -0.2) is 0 Å². The fourth-order valence-corrected chi connectivity index (χ4v) is 4.12. The summed E-state index contributed by atoms with van der Waals surface area (Å²) < 4.78 is 5.87. The summed E-state index contributed by atoms with van der Waals surface area (Å²) in [6.45, 7) is 2.25. The van der Waals surface area contributed by atoms with Crippen molar-refractivity contribution in [3.8, 4) is 5.75 Å². The van der Waals surface area contributed by atoms with E-state index in [2.05, 4.69) is 41.3 Å². The van der Waals surface area contributed by atoms with Crippen LogP contribution in [0, 0.1) is 0 Å². The third-order valence-corrected chi connectivity index (χ3v) is 5.82. The predicted octanol–water partition coefficient (Wildman–Crippen LogP) is 4.96. The van der Waals surface area contributed by atoms with Gasteiger partial charge in [-0.15, -0.1) is 0 Å². The Morgan fingerprint density at radius 1 is 0.897 bits per heavy atom. The lowest BCUT2D eigenvalue weighted by Gasteiger charge is -2.34. The average Bonchev–Trinajstić information content (AvgIpc) is 2.76. The smallest absolute Gasteiger partial charge is 0.304 e. The molecule has 0 spiro atoms. The first-order chi connectivity index (χ1) is 14.2. The van der Waals surface area contributed by atoms with Crippen LogP contribution in [0.1, 0.15) is 49.7 Å². The maximum absolute atomic E-state index is 11.0. The van der Waals surface area contributed by atoms with Crippen molar-refractivity contribution in [1.29, 1.82) is 0 Å². The summed E-state index contributed by atoms with van der Waals surface area (Å²) in [4.78, 5) is 13.4. The quantitative estimate of drug-likeness (QED) is 0.584. The van der Waals surface area contributed by atoms with Gasteiger partial charge < -0.3 is 9.84 Å². The topological polar surface area (TPSA) is 49.8 Å². The van der Waals surface area contributed by atoms with Crippen molar-refractivity contribution in [3.05, 3.63) is 65.7 Å². The standard InChI is InChI=1S/C25H33NO3/c27-25(28)16-19-26(23-9-5-2-6-10-23)18-15-22-11-13-24(14-12-22)29-20-17-21-7-3-1-4-8-21/h1,3-4,7-8,11-14,23H,2,5-6,9-10,15-20H2,(H,27,28). The third-order valence-electron chi connectivity index (χ3n) is 5.82. The van der Waals surface area contributed by atoms with E-state index in [4.69, 9.17) is 9.84 Å². The van der Waals surface area contributed by atoms with Crippen LogP contribution in [-0.2, 0) is 17.6 Å². The molecule has 2 aromatic rings. The fourth-order valence-electron chi connectivity index (χ4n) is 4.12. The van der Waals surface area contributed by atoms with Crippen LogP contribution in [-0.4, -0.2) is 41.7 Å². The molecule has 0 amide bonds. The minimum Gasteiger partial charge on any atom is -0.493 e. The number of rotatable bonds is 11. The van der Waals surface area contributed by atoms with E-state index in [0.717, 1.165) is 25.1 Å². The van der Waals surface area contributed by atoms with Gasteiger partial charge in [-0.2, -0.15) is 0 Å². The van der Waals surface area contributed by atoms with Gasteiger partial charge in [0, 0.05) is 25.6 Å². The molecule has 1 aliphatic carbocycles. The van der Waals surface area contributed by atoms with Gasteiger partial charge in [0.1, 0.15) is 5.75 Å². The number of carboxylic acids is 1. The normalized spacial score (nSPS) is 14.8. The van der Waals surface area contributed by atoms with E-state index in [1.807, 2.05) is 18.2 Å². The lowest BCUT2D eigenvalue weighted by Crippen LogP contribution is -2.39. The Morgan fingerprint density at radius 2 is 1.59 bits per heavy atom. The zero-order valence-corrected chi connectivity index (χ0v) is 17.3. The molecular weight excluding hydrogens is 362 g/mol. The highest BCUT2D eigenvalue weighted by atomic mass is 16.5. The predicted molar refractivity (Wildman–Crippen MR) is 116 cm³/mol. The summed E-state index contributed by atoms with van der Waals surface area (Å²) in [6, 6.07) is 19.3. The van der Waals surface area contributed by atoms with Gasteiger partial charge >= 0.3 is 5.97 Å². The van der Waals surface area contributed by atoms with Crippen molar-refractivity contribution in [1.82, 2.24) is 4.90 Å². The summed E-state index contributed by atoms with van der Waals surface area (Å²) in [5.41, 5.74) is 2.56. The Kier molecular flexibility index (Phi) is 8.57. The number of carboxylic acid groups (broad SMARTS) is 1. The molecule has 0 atom stereocenters. The minimum absolute atomic E-state index is 0.227. The highest BCUT2D eigenvalue weighted by Gasteiger charge is 2.21. The highest BCUT2D eigenvalue weighted by Crippen LogP contribution is 2.23. The van der Waals surface area contributed by atoms with Crippen LogP contribution in [0.15, 0.2) is 54.6 Å². The van der Waals surface area contributed by atoms with E-state index in [-0.39, 0.29) is 6.42 Å². The second kappa shape index (κ2) is 11.6. The molecule has 2 aromatic carbocycles. The molecule has 1 N–H and O–H groups in total. The third kappa shape index (κ3) is 7.54. The molecule has 1 saturated carbocycles. The fraction of sp³-hybridized carbons (Fsp3) is 0.480. The van der Waals surface area contributed by atoms with Crippen LogP contribution >= 0.6 is 0 Å². The number of aliphatic carboxylic acids is 1. The van der Waals surface area contributed by atoms with E-state index < -0.39 is 5.97 Å². The minimum atomic E-state index is -0.706. The van der Waals surface area contributed by atoms with Gasteiger partial charge in [0.2, 0.25) is 0 Å². The van der Waals surface area contributed by atoms with E-state index >= 15 is 0 Å². The van der Waals surface area contributed by atoms with Gasteiger partial charge in [-0.05, 0) is 42.5 Å². The molecule has 156 valence electrons. The van der Waals surface area contributed by atoms with Crippen LogP contribution in [0.2, 0.25) is 0 Å². The van der Waals surface area contributed by atoms with Crippen LogP contribution in [0.4, 0.5) is 0 Å². The lowest BCUT2D eigenvalue weighted by molar-refractivity contribution is -0.137. The van der Waals surface area contributed by atoms with Gasteiger partial charge in [0.05, 0.1) is 13.0 Å². The Bertz CT molecular complexity index is 723. The van der Waals surface area contributed by atoms with Crippen LogP contribution in [0.25, 0.3) is 0 Å². The van der Waals surface area contributed by atoms with Crippen LogP contribution in [0.3, 0.4) is 0 Å². The number of hydrogen-bond acceptors (Lipinski definition) is 3. The molecule has 0 heterocycles. The average molecular weight is 396 g/mol. The molecule has 0 unspecified atom stereocenters. The first kappa shape index (κ1) is 21.4. The molecule has 3 rings (SSSR count). The van der Waals surface area contributed by atoms with Crippen LogP contribution < -0.4 is 4.74 Å². The van der Waals surface area contributed by atoms with Crippen LogP contribution in [0.5, 0.6) is 5.75 Å². The van der Waals surface area contributed by atoms with E-state index in [1.54, 1.807) is 0 Å². The number of nitrogens with zero attached hydrogens (tertiary/aromatic N) is 1.